The van der Waals surface area contributed by atoms with E-state index in [1.54, 1.807) is 23.9 Å². The molecule has 0 N–H and O–H groups in total. The van der Waals surface area contributed by atoms with Crippen LogP contribution in [0.5, 0.6) is 0 Å². The van der Waals surface area contributed by atoms with Crippen molar-refractivity contribution in [2.45, 2.75) is 21.5 Å². The van der Waals surface area contributed by atoms with Crippen molar-refractivity contribution >= 4 is 38.5 Å². The molecule has 2 heterocycles. The summed E-state index contributed by atoms with van der Waals surface area (Å²) in [6.07, 6.45) is 0.745. The number of amides is 1. The van der Waals surface area contributed by atoms with E-state index in [4.69, 9.17) is 0 Å². The van der Waals surface area contributed by atoms with Gasteiger partial charge in [0.2, 0.25) is 15.9 Å². The van der Waals surface area contributed by atoms with Crippen LogP contribution in [0.2, 0.25) is 0 Å². The zero-order chi connectivity index (χ0) is 20.7. The van der Waals surface area contributed by atoms with E-state index in [1.807, 2.05) is 47.4 Å². The number of sulfonamides is 1. The number of nitrogens with zero attached hydrogens (tertiary/aromatic N) is 2. The molecule has 30 heavy (non-hydrogen) atoms. The fourth-order valence-electron chi connectivity index (χ4n) is 4.15. The quantitative estimate of drug-likeness (QED) is 0.629. The molecule has 2 aliphatic rings. The lowest BCUT2D eigenvalue weighted by atomic mass is 10.1. The topological polar surface area (TPSA) is 57.7 Å². The van der Waals surface area contributed by atoms with Crippen molar-refractivity contribution in [3.05, 3.63) is 72.3 Å². The Morgan fingerprint density at radius 3 is 2.33 bits per heavy atom. The van der Waals surface area contributed by atoms with Gasteiger partial charge in [-0.2, -0.15) is 4.31 Å². The third-order valence-corrected chi connectivity index (χ3v) is 9.03. The number of benzene rings is 3. The lowest BCUT2D eigenvalue weighted by molar-refractivity contribution is -0.131. The van der Waals surface area contributed by atoms with Crippen LogP contribution in [0.25, 0.3) is 10.8 Å². The molecule has 0 aliphatic carbocycles. The molecule has 2 aliphatic heterocycles. The van der Waals surface area contributed by atoms with Crippen molar-refractivity contribution in [3.8, 4) is 0 Å². The van der Waals surface area contributed by atoms with Crippen LogP contribution in [0.15, 0.2) is 76.5 Å². The summed E-state index contributed by atoms with van der Waals surface area (Å²) < 4.78 is 27.8. The molecule has 0 unspecified atom stereocenters. The number of piperazine rings is 1. The first-order chi connectivity index (χ1) is 14.5. The maximum absolute atomic E-state index is 13.1. The molecule has 5 rings (SSSR count). The van der Waals surface area contributed by atoms with Gasteiger partial charge >= 0.3 is 0 Å². The zero-order valence-electron chi connectivity index (χ0n) is 16.4. The maximum Gasteiger partial charge on any atom is 0.243 e. The summed E-state index contributed by atoms with van der Waals surface area (Å²) in [4.78, 5) is 16.3. The highest BCUT2D eigenvalue weighted by Gasteiger charge is 2.35. The first kappa shape index (κ1) is 19.6. The number of carbonyl (C=O) groups excluding carboxylic acids is 1. The summed E-state index contributed by atoms with van der Waals surface area (Å²) in [5.74, 6) is 0.110. The third kappa shape index (κ3) is 3.51. The Kier molecular flexibility index (Phi) is 5.05. The minimum atomic E-state index is -3.58. The van der Waals surface area contributed by atoms with E-state index >= 15 is 0 Å². The molecule has 5 nitrogen and oxygen atoms in total. The molecule has 0 aromatic heterocycles. The highest BCUT2D eigenvalue weighted by molar-refractivity contribution is 8.01. The van der Waals surface area contributed by atoms with Crippen LogP contribution in [0.1, 0.15) is 5.56 Å². The van der Waals surface area contributed by atoms with Crippen molar-refractivity contribution in [1.82, 2.24) is 9.21 Å². The average molecular weight is 439 g/mol. The minimum absolute atomic E-state index is 0.106. The van der Waals surface area contributed by atoms with Crippen LogP contribution in [-0.4, -0.2) is 55.0 Å². The number of carbonyl (C=O) groups is 1. The second kappa shape index (κ2) is 7.72. The standard InChI is InChI=1S/C23H22N2O3S2/c26-23(22-16-19-7-3-4-8-21(19)29-22)24-11-13-25(14-12-24)30(27,28)20-10-9-17-5-1-2-6-18(17)15-20/h1-10,15,22H,11-14,16H2/t22-/m1/s1. The Hall–Kier alpha value is -2.35. The van der Waals surface area contributed by atoms with Gasteiger partial charge in [0.05, 0.1) is 10.1 Å². The highest BCUT2D eigenvalue weighted by atomic mass is 32.2. The Labute approximate surface area is 180 Å². The Morgan fingerprint density at radius 1 is 0.867 bits per heavy atom. The van der Waals surface area contributed by atoms with Crippen LogP contribution in [0.3, 0.4) is 0 Å². The van der Waals surface area contributed by atoms with Crippen molar-refractivity contribution in [2.75, 3.05) is 26.2 Å². The second-order valence-corrected chi connectivity index (χ2v) is 10.8. The van der Waals surface area contributed by atoms with E-state index in [1.165, 1.54) is 14.8 Å². The van der Waals surface area contributed by atoms with Gasteiger partial charge in [-0.3, -0.25) is 4.79 Å². The van der Waals surface area contributed by atoms with Crippen molar-refractivity contribution in [3.63, 3.8) is 0 Å². The molecule has 1 amide bonds. The van der Waals surface area contributed by atoms with Gasteiger partial charge in [-0.1, -0.05) is 48.5 Å². The molecule has 0 radical (unpaired) electrons. The molecule has 3 aromatic rings. The number of thioether (sulfide) groups is 1. The number of rotatable bonds is 3. The lowest BCUT2D eigenvalue weighted by Crippen LogP contribution is -2.52. The highest BCUT2D eigenvalue weighted by Crippen LogP contribution is 2.37. The number of fused-ring (bicyclic) bond motifs is 2. The van der Waals surface area contributed by atoms with E-state index in [0.29, 0.717) is 31.1 Å². The fraction of sp³-hybridized carbons (Fsp3) is 0.261. The van der Waals surface area contributed by atoms with Crippen LogP contribution in [0, 0.1) is 0 Å². The van der Waals surface area contributed by atoms with E-state index in [9.17, 15) is 13.2 Å². The summed E-state index contributed by atoms with van der Waals surface area (Å²) in [5, 5.41) is 1.82. The molecule has 0 bridgehead atoms. The van der Waals surface area contributed by atoms with E-state index in [0.717, 1.165) is 17.2 Å². The van der Waals surface area contributed by atoms with Gasteiger partial charge in [0.1, 0.15) is 0 Å². The maximum atomic E-state index is 13.1. The van der Waals surface area contributed by atoms with Gasteiger partial charge in [-0.05, 0) is 41.0 Å². The zero-order valence-corrected chi connectivity index (χ0v) is 18.0. The summed E-state index contributed by atoms with van der Waals surface area (Å²) in [7, 11) is -3.58. The number of hydrogen-bond acceptors (Lipinski definition) is 4. The Balaban J connectivity index is 1.26. The predicted octanol–water partition coefficient (Wildman–Crippen LogP) is 3.39. The summed E-state index contributed by atoms with van der Waals surface area (Å²) >= 11 is 1.62. The molecular weight excluding hydrogens is 416 g/mol. The average Bonchev–Trinajstić information content (AvgIpc) is 3.22. The molecule has 7 heteroatoms. The molecule has 1 fully saturated rings. The second-order valence-electron chi connectivity index (χ2n) is 7.66. The Morgan fingerprint density at radius 2 is 1.57 bits per heavy atom. The van der Waals surface area contributed by atoms with Gasteiger partial charge in [-0.15, -0.1) is 11.8 Å². The summed E-state index contributed by atoms with van der Waals surface area (Å²) in [5.41, 5.74) is 1.22. The molecule has 1 atom stereocenters. The van der Waals surface area contributed by atoms with Gasteiger partial charge < -0.3 is 4.90 Å². The normalized spacial score (nSPS) is 19.7. The van der Waals surface area contributed by atoms with Crippen molar-refractivity contribution in [2.24, 2.45) is 0 Å². The summed E-state index contributed by atoms with van der Waals surface area (Å²) in [6.45, 7) is 1.51. The lowest BCUT2D eigenvalue weighted by Gasteiger charge is -2.35. The van der Waals surface area contributed by atoms with Crippen molar-refractivity contribution in [1.29, 1.82) is 0 Å². The first-order valence-corrected chi connectivity index (χ1v) is 12.4. The van der Waals surface area contributed by atoms with E-state index in [2.05, 4.69) is 12.1 Å². The van der Waals surface area contributed by atoms with E-state index < -0.39 is 10.0 Å². The molecule has 1 saturated heterocycles. The van der Waals surface area contributed by atoms with Gasteiger partial charge in [-0.25, -0.2) is 8.42 Å². The SMILES string of the molecule is O=C([C@H]1Cc2ccccc2S1)N1CCN(S(=O)(=O)c2ccc3ccccc3c2)CC1. The molecule has 154 valence electrons. The monoisotopic (exact) mass is 438 g/mol. The summed E-state index contributed by atoms with van der Waals surface area (Å²) in [6, 6.07) is 21.1. The van der Waals surface area contributed by atoms with Crippen LogP contribution < -0.4 is 0 Å². The molecule has 0 spiro atoms. The fourth-order valence-corrected chi connectivity index (χ4v) is 6.89. The molecule has 3 aromatic carbocycles. The largest absolute Gasteiger partial charge is 0.339 e. The molecule has 0 saturated carbocycles. The molecular formula is C23H22N2O3S2. The van der Waals surface area contributed by atoms with Gasteiger partial charge in [0.25, 0.3) is 0 Å². The first-order valence-electron chi connectivity index (χ1n) is 10.0. The van der Waals surface area contributed by atoms with E-state index in [-0.39, 0.29) is 11.2 Å². The smallest absolute Gasteiger partial charge is 0.243 e. The van der Waals surface area contributed by atoms with Crippen molar-refractivity contribution < 1.29 is 13.2 Å². The minimum Gasteiger partial charge on any atom is -0.339 e. The number of hydrogen-bond donors (Lipinski definition) is 0. The Bertz CT molecular complexity index is 1190. The predicted molar refractivity (Wildman–Crippen MR) is 119 cm³/mol. The van der Waals surface area contributed by atoms with Gasteiger partial charge in [0.15, 0.2) is 0 Å². The van der Waals surface area contributed by atoms with Crippen LogP contribution in [0.4, 0.5) is 0 Å². The van der Waals surface area contributed by atoms with Crippen LogP contribution in [-0.2, 0) is 21.2 Å². The van der Waals surface area contributed by atoms with Gasteiger partial charge in [0, 0.05) is 31.1 Å². The van der Waals surface area contributed by atoms with Crippen LogP contribution >= 0.6 is 11.8 Å². The third-order valence-electron chi connectivity index (χ3n) is 5.83.